The molecule has 9 heteroatoms. The fourth-order valence-corrected chi connectivity index (χ4v) is 5.61. The second-order valence-corrected chi connectivity index (χ2v) is 10.4. The standard InChI is InChI=1S/C24H18Cl4F2N2S/c1-24(14-7-8-17(26)19(28)10-14)11-21(30)18(27)5-3-9-32-22(24)12-31-23(32)33-13-15-16(25)4-2-6-20(15)29/h2-8,10,12H,9,11,13H2,1H3. The zero-order valence-electron chi connectivity index (χ0n) is 17.4. The predicted octanol–water partition coefficient (Wildman–Crippen LogP) is 8.96. The molecule has 2 heterocycles. The lowest BCUT2D eigenvalue weighted by Gasteiger charge is -2.31. The van der Waals surface area contributed by atoms with Gasteiger partial charge in [0.25, 0.3) is 0 Å². The van der Waals surface area contributed by atoms with E-state index in [1.165, 1.54) is 17.8 Å². The molecule has 1 aromatic heterocycles. The first-order valence-corrected chi connectivity index (χ1v) is 12.5. The highest BCUT2D eigenvalue weighted by Gasteiger charge is 2.36. The lowest BCUT2D eigenvalue weighted by Crippen LogP contribution is -2.27. The lowest BCUT2D eigenvalue weighted by atomic mass is 9.76. The molecule has 1 atom stereocenters. The minimum atomic E-state index is -0.841. The molecule has 0 N–H and O–H groups in total. The minimum absolute atomic E-state index is 0.00305. The van der Waals surface area contributed by atoms with Crippen LogP contribution >= 0.6 is 58.2 Å². The Morgan fingerprint density at radius 3 is 2.58 bits per heavy atom. The Hall–Kier alpha value is -1.50. The molecular formula is C24H18Cl4F2N2S. The molecule has 0 saturated heterocycles. The average molecular weight is 546 g/mol. The number of thioether (sulfide) groups is 1. The van der Waals surface area contributed by atoms with E-state index >= 15 is 4.39 Å². The summed E-state index contributed by atoms with van der Waals surface area (Å²) in [6, 6.07) is 9.85. The van der Waals surface area contributed by atoms with Gasteiger partial charge in [0.05, 0.1) is 21.3 Å². The molecule has 33 heavy (non-hydrogen) atoms. The number of allylic oxidation sites excluding steroid dienone is 4. The third kappa shape index (κ3) is 4.98. The maximum absolute atomic E-state index is 15.1. The molecule has 0 bridgehead atoms. The number of hydrogen-bond donors (Lipinski definition) is 0. The van der Waals surface area contributed by atoms with E-state index in [2.05, 4.69) is 4.98 Å². The van der Waals surface area contributed by atoms with E-state index in [-0.39, 0.29) is 17.3 Å². The minimum Gasteiger partial charge on any atom is -0.318 e. The largest absolute Gasteiger partial charge is 0.318 e. The highest BCUT2D eigenvalue weighted by atomic mass is 35.5. The number of fused-ring (bicyclic) bond motifs is 1. The maximum Gasteiger partial charge on any atom is 0.168 e. The van der Waals surface area contributed by atoms with E-state index in [4.69, 9.17) is 46.4 Å². The van der Waals surface area contributed by atoms with Gasteiger partial charge in [-0.3, -0.25) is 0 Å². The summed E-state index contributed by atoms with van der Waals surface area (Å²) in [7, 11) is 0. The van der Waals surface area contributed by atoms with Crippen LogP contribution in [0.5, 0.6) is 0 Å². The van der Waals surface area contributed by atoms with Gasteiger partial charge in [-0.05, 0) is 42.8 Å². The van der Waals surface area contributed by atoms with E-state index in [0.29, 0.717) is 38.1 Å². The number of aromatic nitrogens is 2. The monoisotopic (exact) mass is 544 g/mol. The van der Waals surface area contributed by atoms with E-state index in [1.54, 1.807) is 42.6 Å². The van der Waals surface area contributed by atoms with Crippen molar-refractivity contribution in [3.05, 3.63) is 103 Å². The smallest absolute Gasteiger partial charge is 0.168 e. The fraction of sp³-hybridized carbons (Fsp3) is 0.208. The van der Waals surface area contributed by atoms with Crippen LogP contribution in [0.1, 0.15) is 30.2 Å². The summed E-state index contributed by atoms with van der Waals surface area (Å²) in [6.07, 6.45) is 5.04. The van der Waals surface area contributed by atoms with Crippen molar-refractivity contribution in [3.8, 4) is 0 Å². The van der Waals surface area contributed by atoms with Gasteiger partial charge < -0.3 is 4.57 Å². The van der Waals surface area contributed by atoms with Crippen molar-refractivity contribution >= 4 is 58.2 Å². The number of imidazole rings is 1. The van der Waals surface area contributed by atoms with Gasteiger partial charge in [0.2, 0.25) is 0 Å². The van der Waals surface area contributed by atoms with Gasteiger partial charge in [-0.1, -0.05) is 76.4 Å². The zero-order valence-corrected chi connectivity index (χ0v) is 21.2. The van der Waals surface area contributed by atoms with Crippen molar-refractivity contribution < 1.29 is 8.78 Å². The van der Waals surface area contributed by atoms with Crippen LogP contribution < -0.4 is 0 Å². The normalized spacial score (nSPS) is 18.6. The molecule has 4 rings (SSSR count). The van der Waals surface area contributed by atoms with Crippen LogP contribution in [0.2, 0.25) is 15.1 Å². The molecule has 3 aromatic rings. The summed E-state index contributed by atoms with van der Waals surface area (Å²) in [5.41, 5.74) is 1.11. The molecule has 0 amide bonds. The first kappa shape index (κ1) is 24.6. The summed E-state index contributed by atoms with van der Waals surface area (Å²) in [4.78, 5) is 4.59. The SMILES string of the molecule is CC1(c2ccc(Cl)c(Cl)c2)CC(F)=C(Cl)C=CCn2c1cnc2SCc1c(F)cccc1Cl. The van der Waals surface area contributed by atoms with Gasteiger partial charge >= 0.3 is 0 Å². The second-order valence-electron chi connectivity index (χ2n) is 7.82. The Labute approximate surface area is 215 Å². The Balaban J connectivity index is 1.79. The van der Waals surface area contributed by atoms with Crippen LogP contribution in [0.25, 0.3) is 0 Å². The van der Waals surface area contributed by atoms with E-state index < -0.39 is 11.2 Å². The van der Waals surface area contributed by atoms with Crippen molar-refractivity contribution in [2.24, 2.45) is 0 Å². The topological polar surface area (TPSA) is 17.8 Å². The summed E-state index contributed by atoms with van der Waals surface area (Å²) >= 11 is 26.2. The molecule has 2 aromatic carbocycles. The van der Waals surface area contributed by atoms with Crippen molar-refractivity contribution in [2.45, 2.75) is 36.2 Å². The van der Waals surface area contributed by atoms with Crippen molar-refractivity contribution in [3.63, 3.8) is 0 Å². The third-order valence-electron chi connectivity index (χ3n) is 5.67. The number of halogens is 6. The van der Waals surface area contributed by atoms with Gasteiger partial charge in [-0.2, -0.15) is 0 Å². The Bertz CT molecular complexity index is 1250. The molecule has 0 fully saturated rings. The molecule has 172 valence electrons. The lowest BCUT2D eigenvalue weighted by molar-refractivity contribution is 0.451. The van der Waals surface area contributed by atoms with Crippen LogP contribution in [-0.2, 0) is 17.7 Å². The summed E-state index contributed by atoms with van der Waals surface area (Å²) in [6.45, 7) is 2.32. The second kappa shape index (κ2) is 10.0. The number of nitrogens with zero attached hydrogens (tertiary/aromatic N) is 2. The first-order chi connectivity index (χ1) is 15.7. The molecule has 1 aliphatic rings. The van der Waals surface area contributed by atoms with Gasteiger partial charge in [0, 0.05) is 40.4 Å². The Morgan fingerprint density at radius 2 is 1.85 bits per heavy atom. The number of hydrogen-bond acceptors (Lipinski definition) is 2. The van der Waals surface area contributed by atoms with Gasteiger partial charge in [-0.25, -0.2) is 13.8 Å². The van der Waals surface area contributed by atoms with Crippen LogP contribution in [0, 0.1) is 5.82 Å². The maximum atomic E-state index is 15.1. The highest BCUT2D eigenvalue weighted by molar-refractivity contribution is 7.98. The highest BCUT2D eigenvalue weighted by Crippen LogP contribution is 2.43. The number of benzene rings is 2. The predicted molar refractivity (Wildman–Crippen MR) is 134 cm³/mol. The van der Waals surface area contributed by atoms with Gasteiger partial charge in [0.15, 0.2) is 5.16 Å². The van der Waals surface area contributed by atoms with Gasteiger partial charge in [0.1, 0.15) is 11.6 Å². The first-order valence-electron chi connectivity index (χ1n) is 9.98. The van der Waals surface area contributed by atoms with Crippen molar-refractivity contribution in [2.75, 3.05) is 0 Å². The molecular weight excluding hydrogens is 528 g/mol. The quantitative estimate of drug-likeness (QED) is 0.304. The van der Waals surface area contributed by atoms with E-state index in [1.807, 2.05) is 17.6 Å². The fourth-order valence-electron chi connectivity index (χ4n) is 3.82. The average Bonchev–Trinajstić information content (AvgIpc) is 3.19. The molecule has 0 saturated carbocycles. The summed E-state index contributed by atoms with van der Waals surface area (Å²) < 4.78 is 31.3. The van der Waals surface area contributed by atoms with Crippen LogP contribution in [0.4, 0.5) is 8.78 Å². The zero-order chi connectivity index (χ0) is 23.8. The molecule has 0 spiro atoms. The van der Waals surface area contributed by atoms with Gasteiger partial charge in [-0.15, -0.1) is 0 Å². The molecule has 0 aliphatic carbocycles. The van der Waals surface area contributed by atoms with Crippen LogP contribution in [0.15, 0.2) is 70.8 Å². The Kier molecular flexibility index (Phi) is 7.47. The van der Waals surface area contributed by atoms with Crippen molar-refractivity contribution in [1.82, 2.24) is 9.55 Å². The Morgan fingerprint density at radius 1 is 1.06 bits per heavy atom. The van der Waals surface area contributed by atoms with Crippen LogP contribution in [0.3, 0.4) is 0 Å². The molecule has 0 radical (unpaired) electrons. The van der Waals surface area contributed by atoms with E-state index in [0.717, 1.165) is 11.3 Å². The van der Waals surface area contributed by atoms with Crippen LogP contribution in [-0.4, -0.2) is 9.55 Å². The van der Waals surface area contributed by atoms with E-state index in [9.17, 15) is 4.39 Å². The third-order valence-corrected chi connectivity index (χ3v) is 8.11. The molecule has 2 nitrogen and oxygen atoms in total. The molecule has 1 unspecified atom stereocenters. The molecule has 1 aliphatic heterocycles. The van der Waals surface area contributed by atoms with Crippen molar-refractivity contribution in [1.29, 1.82) is 0 Å². The number of rotatable bonds is 4. The summed E-state index contributed by atoms with van der Waals surface area (Å²) in [5.74, 6) is -0.518. The summed E-state index contributed by atoms with van der Waals surface area (Å²) in [5, 5.41) is 1.84.